The predicted molar refractivity (Wildman–Crippen MR) is 101 cm³/mol. The molecule has 0 aliphatic carbocycles. The standard InChI is InChI=1S/C19H19N3O5S/c1-19(13-3-4-14-15(7-13)27-11-26-14)17(24)22(18(25)20-19)9-16(23)21(2)8-12-5-6-28-10-12/h3-7,10H,8-9,11H2,1-2H3,(H,20,25)/t19-/m1/s1. The molecular weight excluding hydrogens is 382 g/mol. The number of hydrogen-bond donors (Lipinski definition) is 1. The number of nitrogens with zero attached hydrogens (tertiary/aromatic N) is 2. The topological polar surface area (TPSA) is 88.2 Å². The molecule has 3 heterocycles. The molecule has 146 valence electrons. The zero-order chi connectivity index (χ0) is 19.9. The number of nitrogens with one attached hydrogen (secondary N) is 1. The number of likely N-dealkylation sites (N-methyl/N-ethyl adjacent to an activating group) is 1. The maximum atomic E-state index is 13.0. The number of benzene rings is 1. The fraction of sp³-hybridized carbons (Fsp3) is 0.316. The number of rotatable bonds is 5. The molecule has 4 rings (SSSR count). The summed E-state index contributed by atoms with van der Waals surface area (Å²) in [7, 11) is 1.65. The van der Waals surface area contributed by atoms with E-state index in [4.69, 9.17) is 9.47 Å². The summed E-state index contributed by atoms with van der Waals surface area (Å²) in [6.07, 6.45) is 0. The molecule has 0 saturated carbocycles. The highest BCUT2D eigenvalue weighted by Crippen LogP contribution is 2.37. The Morgan fingerprint density at radius 3 is 2.82 bits per heavy atom. The van der Waals surface area contributed by atoms with Crippen LogP contribution in [-0.2, 0) is 21.7 Å². The molecule has 9 heteroatoms. The molecule has 1 atom stereocenters. The number of carbonyl (C=O) groups excluding carboxylic acids is 3. The number of ether oxygens (including phenoxy) is 2. The van der Waals surface area contributed by atoms with Crippen molar-refractivity contribution in [3.8, 4) is 11.5 Å². The van der Waals surface area contributed by atoms with E-state index in [0.29, 0.717) is 23.6 Å². The highest BCUT2D eigenvalue weighted by molar-refractivity contribution is 7.07. The molecule has 2 aromatic rings. The van der Waals surface area contributed by atoms with Gasteiger partial charge in [-0.1, -0.05) is 6.07 Å². The average Bonchev–Trinajstić information content (AvgIpc) is 3.39. The fourth-order valence-corrected chi connectivity index (χ4v) is 3.90. The minimum Gasteiger partial charge on any atom is -0.454 e. The first-order valence-corrected chi connectivity index (χ1v) is 9.62. The zero-order valence-corrected chi connectivity index (χ0v) is 16.2. The third kappa shape index (κ3) is 3.07. The van der Waals surface area contributed by atoms with E-state index >= 15 is 0 Å². The lowest BCUT2D eigenvalue weighted by Crippen LogP contribution is -2.43. The van der Waals surface area contributed by atoms with E-state index in [0.717, 1.165) is 10.5 Å². The van der Waals surface area contributed by atoms with E-state index < -0.39 is 17.5 Å². The molecule has 28 heavy (non-hydrogen) atoms. The van der Waals surface area contributed by atoms with E-state index in [-0.39, 0.29) is 19.2 Å². The monoisotopic (exact) mass is 401 g/mol. The molecule has 2 aliphatic rings. The normalized spacial score (nSPS) is 20.4. The van der Waals surface area contributed by atoms with Crippen LogP contribution in [0.1, 0.15) is 18.1 Å². The number of fused-ring (bicyclic) bond motifs is 1. The van der Waals surface area contributed by atoms with Crippen molar-refractivity contribution in [2.75, 3.05) is 20.4 Å². The molecule has 0 radical (unpaired) electrons. The second-order valence-electron chi connectivity index (χ2n) is 6.90. The van der Waals surface area contributed by atoms with Crippen molar-refractivity contribution < 1.29 is 23.9 Å². The minimum atomic E-state index is -1.27. The Hall–Kier alpha value is -3.07. The summed E-state index contributed by atoms with van der Waals surface area (Å²) in [6, 6.07) is 6.42. The maximum Gasteiger partial charge on any atom is 0.325 e. The van der Waals surface area contributed by atoms with Crippen molar-refractivity contribution in [3.05, 3.63) is 46.2 Å². The van der Waals surface area contributed by atoms with Crippen molar-refractivity contribution in [1.82, 2.24) is 15.1 Å². The largest absolute Gasteiger partial charge is 0.454 e. The van der Waals surface area contributed by atoms with Crippen LogP contribution in [0.4, 0.5) is 4.79 Å². The van der Waals surface area contributed by atoms with Gasteiger partial charge in [-0.05, 0) is 47.0 Å². The van der Waals surface area contributed by atoms with Gasteiger partial charge < -0.3 is 19.7 Å². The van der Waals surface area contributed by atoms with E-state index in [1.54, 1.807) is 43.5 Å². The van der Waals surface area contributed by atoms with E-state index in [1.165, 1.54) is 4.90 Å². The van der Waals surface area contributed by atoms with Crippen LogP contribution in [-0.4, -0.2) is 48.0 Å². The van der Waals surface area contributed by atoms with Crippen molar-refractivity contribution in [2.45, 2.75) is 19.0 Å². The van der Waals surface area contributed by atoms with Gasteiger partial charge in [0.2, 0.25) is 12.7 Å². The minimum absolute atomic E-state index is 0.118. The third-order valence-electron chi connectivity index (χ3n) is 4.94. The quantitative estimate of drug-likeness (QED) is 0.773. The summed E-state index contributed by atoms with van der Waals surface area (Å²) >= 11 is 1.55. The van der Waals surface area contributed by atoms with Crippen LogP contribution in [0.3, 0.4) is 0 Å². The van der Waals surface area contributed by atoms with Crippen molar-refractivity contribution in [2.24, 2.45) is 0 Å². The SMILES string of the molecule is CN(Cc1ccsc1)C(=O)CN1C(=O)N[C@](C)(c2ccc3c(c2)OCO3)C1=O. The molecule has 1 aromatic heterocycles. The summed E-state index contributed by atoms with van der Waals surface area (Å²) in [5, 5.41) is 6.58. The molecule has 0 spiro atoms. The maximum absolute atomic E-state index is 13.0. The highest BCUT2D eigenvalue weighted by atomic mass is 32.1. The van der Waals surface area contributed by atoms with Gasteiger partial charge in [0.1, 0.15) is 12.1 Å². The number of carbonyl (C=O) groups is 3. The Kier molecular flexibility index (Phi) is 4.46. The molecule has 1 saturated heterocycles. The van der Waals surface area contributed by atoms with Gasteiger partial charge in [-0.3, -0.25) is 14.5 Å². The second-order valence-corrected chi connectivity index (χ2v) is 7.68. The summed E-state index contributed by atoms with van der Waals surface area (Å²) in [6.45, 7) is 1.84. The lowest BCUT2D eigenvalue weighted by Gasteiger charge is -2.23. The lowest BCUT2D eigenvalue weighted by molar-refractivity contribution is -0.138. The van der Waals surface area contributed by atoms with Crippen LogP contribution in [0.25, 0.3) is 0 Å². The van der Waals surface area contributed by atoms with Gasteiger partial charge in [-0.2, -0.15) is 11.3 Å². The van der Waals surface area contributed by atoms with Gasteiger partial charge in [0.25, 0.3) is 5.91 Å². The van der Waals surface area contributed by atoms with Crippen LogP contribution >= 0.6 is 11.3 Å². The smallest absolute Gasteiger partial charge is 0.325 e. The molecular formula is C19H19N3O5S. The van der Waals surface area contributed by atoms with Gasteiger partial charge >= 0.3 is 6.03 Å². The molecule has 0 bridgehead atoms. The molecule has 1 N–H and O–H groups in total. The summed E-state index contributed by atoms with van der Waals surface area (Å²) in [5.41, 5.74) is 0.296. The Bertz CT molecular complexity index is 945. The summed E-state index contributed by atoms with van der Waals surface area (Å²) in [5.74, 6) is 0.315. The highest BCUT2D eigenvalue weighted by Gasteiger charge is 2.50. The van der Waals surface area contributed by atoms with Crippen molar-refractivity contribution in [1.29, 1.82) is 0 Å². The molecule has 1 aromatic carbocycles. The molecule has 4 amide bonds. The average molecular weight is 401 g/mol. The van der Waals surface area contributed by atoms with Gasteiger partial charge in [0.05, 0.1) is 0 Å². The first kappa shape index (κ1) is 18.3. The lowest BCUT2D eigenvalue weighted by atomic mass is 9.91. The zero-order valence-electron chi connectivity index (χ0n) is 15.4. The number of imide groups is 1. The van der Waals surface area contributed by atoms with E-state index in [2.05, 4.69) is 5.32 Å². The Morgan fingerprint density at radius 1 is 1.29 bits per heavy atom. The van der Waals surface area contributed by atoms with Crippen LogP contribution in [0.15, 0.2) is 35.0 Å². The second kappa shape index (κ2) is 6.83. The van der Waals surface area contributed by atoms with E-state index in [9.17, 15) is 14.4 Å². The van der Waals surface area contributed by atoms with Crippen molar-refractivity contribution >= 4 is 29.2 Å². The Labute approximate surface area is 165 Å². The number of hydrogen-bond acceptors (Lipinski definition) is 6. The Morgan fingerprint density at radius 2 is 2.07 bits per heavy atom. The van der Waals surface area contributed by atoms with Gasteiger partial charge in [-0.25, -0.2) is 4.79 Å². The van der Waals surface area contributed by atoms with Crippen LogP contribution in [0.2, 0.25) is 0 Å². The number of urea groups is 1. The molecule has 1 fully saturated rings. The first-order valence-electron chi connectivity index (χ1n) is 8.68. The predicted octanol–water partition coefficient (Wildman–Crippen LogP) is 1.90. The third-order valence-corrected chi connectivity index (χ3v) is 5.68. The number of amides is 4. The van der Waals surface area contributed by atoms with Crippen LogP contribution < -0.4 is 14.8 Å². The summed E-state index contributed by atoms with van der Waals surface area (Å²) < 4.78 is 10.6. The Balaban J connectivity index is 1.49. The molecule has 2 aliphatic heterocycles. The van der Waals surface area contributed by atoms with Gasteiger partial charge in [0, 0.05) is 13.6 Å². The fourth-order valence-electron chi connectivity index (χ4n) is 3.24. The summed E-state index contributed by atoms with van der Waals surface area (Å²) in [4.78, 5) is 40.5. The van der Waals surface area contributed by atoms with Gasteiger partial charge in [-0.15, -0.1) is 0 Å². The van der Waals surface area contributed by atoms with E-state index in [1.807, 2.05) is 16.8 Å². The van der Waals surface area contributed by atoms with Crippen LogP contribution in [0.5, 0.6) is 11.5 Å². The molecule has 8 nitrogen and oxygen atoms in total. The van der Waals surface area contributed by atoms with Crippen molar-refractivity contribution in [3.63, 3.8) is 0 Å². The van der Waals surface area contributed by atoms with Crippen LogP contribution in [0, 0.1) is 0 Å². The molecule has 0 unspecified atom stereocenters. The first-order chi connectivity index (χ1) is 13.4. The van der Waals surface area contributed by atoms with Gasteiger partial charge in [0.15, 0.2) is 11.5 Å². The number of thiophene rings is 1.